The van der Waals surface area contributed by atoms with E-state index in [2.05, 4.69) is 10.00 Å². The average molecular weight is 502 g/mol. The fourth-order valence-corrected chi connectivity index (χ4v) is 4.80. The van der Waals surface area contributed by atoms with Crippen molar-refractivity contribution in [1.29, 1.82) is 0 Å². The highest BCUT2D eigenvalue weighted by Gasteiger charge is 2.24. The summed E-state index contributed by atoms with van der Waals surface area (Å²) < 4.78 is 1.61. The largest absolute Gasteiger partial charge is 0.336 e. The molecule has 8 nitrogen and oxygen atoms in total. The predicted octanol–water partition coefficient (Wildman–Crippen LogP) is 4.72. The Morgan fingerprint density at radius 2 is 1.68 bits per heavy atom. The highest BCUT2D eigenvalue weighted by Crippen LogP contribution is 2.26. The first-order valence-electron chi connectivity index (χ1n) is 11.0. The molecule has 178 valence electrons. The second kappa shape index (κ2) is 10.1. The Morgan fingerprint density at radius 1 is 1.03 bits per heavy atom. The number of rotatable bonds is 6. The summed E-state index contributed by atoms with van der Waals surface area (Å²) in [6, 6.07) is 12.9. The van der Waals surface area contributed by atoms with E-state index in [1.165, 1.54) is 0 Å². The lowest BCUT2D eigenvalue weighted by Gasteiger charge is -2.35. The summed E-state index contributed by atoms with van der Waals surface area (Å²) in [7, 11) is 0. The van der Waals surface area contributed by atoms with Gasteiger partial charge in [-0.05, 0) is 43.7 Å². The van der Waals surface area contributed by atoms with Crippen LogP contribution in [0.25, 0.3) is 0 Å². The highest BCUT2D eigenvalue weighted by molar-refractivity contribution is 6.35. The van der Waals surface area contributed by atoms with E-state index in [-0.39, 0.29) is 11.6 Å². The quantitative estimate of drug-likeness (QED) is 0.360. The van der Waals surface area contributed by atoms with Gasteiger partial charge in [0.2, 0.25) is 0 Å². The minimum atomic E-state index is -0.409. The van der Waals surface area contributed by atoms with Crippen molar-refractivity contribution in [2.75, 3.05) is 26.2 Å². The van der Waals surface area contributed by atoms with Crippen molar-refractivity contribution >= 4 is 34.8 Å². The smallest absolute Gasteiger partial charge is 0.312 e. The maximum atomic E-state index is 13.1. The molecule has 34 heavy (non-hydrogen) atoms. The number of aromatic nitrogens is 2. The van der Waals surface area contributed by atoms with E-state index >= 15 is 0 Å². The SMILES string of the molecule is Cc1nn(Cc2cccc(C(=O)N3CCN(Cc4c(Cl)cccc4Cl)CC3)c2)c(C)c1[N+](=O)[O-]. The topological polar surface area (TPSA) is 84.5 Å². The molecule has 3 aromatic rings. The summed E-state index contributed by atoms with van der Waals surface area (Å²) in [4.78, 5) is 28.1. The van der Waals surface area contributed by atoms with Gasteiger partial charge in [-0.3, -0.25) is 24.5 Å². The van der Waals surface area contributed by atoms with Gasteiger partial charge in [-0.2, -0.15) is 5.10 Å². The van der Waals surface area contributed by atoms with E-state index < -0.39 is 4.92 Å². The fourth-order valence-electron chi connectivity index (χ4n) is 4.28. The van der Waals surface area contributed by atoms with Crippen molar-refractivity contribution in [3.8, 4) is 0 Å². The van der Waals surface area contributed by atoms with Crippen molar-refractivity contribution in [1.82, 2.24) is 19.6 Å². The van der Waals surface area contributed by atoms with E-state index in [0.717, 1.165) is 24.2 Å². The van der Waals surface area contributed by atoms with Crippen LogP contribution in [0.3, 0.4) is 0 Å². The molecular formula is C24H25Cl2N5O3. The summed E-state index contributed by atoms with van der Waals surface area (Å²) in [6.07, 6.45) is 0. The van der Waals surface area contributed by atoms with Crippen LogP contribution < -0.4 is 0 Å². The van der Waals surface area contributed by atoms with E-state index in [0.29, 0.717) is 53.2 Å². The second-order valence-electron chi connectivity index (χ2n) is 8.40. The molecule has 1 aromatic heterocycles. The molecule has 1 saturated heterocycles. The van der Waals surface area contributed by atoms with E-state index in [1.54, 1.807) is 24.6 Å². The van der Waals surface area contributed by atoms with E-state index in [4.69, 9.17) is 23.2 Å². The zero-order valence-electron chi connectivity index (χ0n) is 19.0. The van der Waals surface area contributed by atoms with Crippen molar-refractivity contribution in [3.05, 3.63) is 90.7 Å². The van der Waals surface area contributed by atoms with Crippen molar-refractivity contribution in [3.63, 3.8) is 0 Å². The summed E-state index contributed by atoms with van der Waals surface area (Å²) in [5.41, 5.74) is 3.26. The number of hydrogen-bond acceptors (Lipinski definition) is 5. The molecule has 1 aliphatic rings. The van der Waals surface area contributed by atoms with Crippen LogP contribution in [0.4, 0.5) is 5.69 Å². The molecule has 0 aliphatic carbocycles. The summed E-state index contributed by atoms with van der Waals surface area (Å²) in [5, 5.41) is 16.9. The maximum Gasteiger partial charge on any atom is 0.312 e. The van der Waals surface area contributed by atoms with Gasteiger partial charge in [0.15, 0.2) is 0 Å². The van der Waals surface area contributed by atoms with Crippen molar-refractivity contribution < 1.29 is 9.72 Å². The van der Waals surface area contributed by atoms with Crippen LogP contribution >= 0.6 is 23.2 Å². The van der Waals surface area contributed by atoms with Gasteiger partial charge in [0.1, 0.15) is 11.4 Å². The van der Waals surface area contributed by atoms with Crippen LogP contribution in [0.15, 0.2) is 42.5 Å². The third kappa shape index (κ3) is 5.09. The molecule has 1 fully saturated rings. The van der Waals surface area contributed by atoms with E-state index in [1.807, 2.05) is 41.3 Å². The van der Waals surface area contributed by atoms with Crippen LogP contribution in [0, 0.1) is 24.0 Å². The summed E-state index contributed by atoms with van der Waals surface area (Å²) >= 11 is 12.6. The van der Waals surface area contributed by atoms with Gasteiger partial charge in [0, 0.05) is 53.9 Å². The minimum Gasteiger partial charge on any atom is -0.336 e. The van der Waals surface area contributed by atoms with Gasteiger partial charge in [-0.25, -0.2) is 0 Å². The Kier molecular flexibility index (Phi) is 7.21. The number of benzene rings is 2. The van der Waals surface area contributed by atoms with Gasteiger partial charge >= 0.3 is 5.69 Å². The number of amides is 1. The molecule has 1 aliphatic heterocycles. The Morgan fingerprint density at radius 3 is 2.29 bits per heavy atom. The van der Waals surface area contributed by atoms with Crippen LogP contribution in [-0.2, 0) is 13.1 Å². The van der Waals surface area contributed by atoms with Gasteiger partial charge in [-0.15, -0.1) is 0 Å². The van der Waals surface area contributed by atoms with Crippen LogP contribution in [0.1, 0.15) is 32.9 Å². The number of carbonyl (C=O) groups is 1. The molecule has 0 radical (unpaired) electrons. The number of hydrogen-bond donors (Lipinski definition) is 0. The molecule has 4 rings (SSSR count). The molecule has 2 heterocycles. The molecule has 0 saturated carbocycles. The van der Waals surface area contributed by atoms with Gasteiger partial charge < -0.3 is 4.90 Å². The normalized spacial score (nSPS) is 14.4. The minimum absolute atomic E-state index is 0.0307. The van der Waals surface area contributed by atoms with Crippen molar-refractivity contribution in [2.45, 2.75) is 26.9 Å². The molecule has 10 heteroatoms. The number of nitro groups is 1. The molecule has 2 aromatic carbocycles. The Hall–Kier alpha value is -2.94. The number of piperazine rings is 1. The lowest BCUT2D eigenvalue weighted by Crippen LogP contribution is -2.48. The lowest BCUT2D eigenvalue weighted by atomic mass is 10.1. The first kappa shape index (κ1) is 24.2. The van der Waals surface area contributed by atoms with E-state index in [9.17, 15) is 14.9 Å². The first-order chi connectivity index (χ1) is 16.2. The zero-order valence-corrected chi connectivity index (χ0v) is 20.5. The standard InChI is InChI=1S/C24H25Cl2N5O3/c1-16-23(31(33)34)17(2)30(27-16)14-18-5-3-6-19(13-18)24(32)29-11-9-28(10-12-29)15-20-21(25)7-4-8-22(20)26/h3-8,13H,9-12,14-15H2,1-2H3. The second-order valence-corrected chi connectivity index (χ2v) is 9.22. The van der Waals surface area contributed by atoms with Crippen LogP contribution in [0.5, 0.6) is 0 Å². The lowest BCUT2D eigenvalue weighted by molar-refractivity contribution is -0.386. The van der Waals surface area contributed by atoms with Crippen LogP contribution in [0.2, 0.25) is 10.0 Å². The first-order valence-corrected chi connectivity index (χ1v) is 11.7. The number of halogens is 2. The molecule has 0 spiro atoms. The molecular weight excluding hydrogens is 477 g/mol. The Bertz CT molecular complexity index is 1220. The number of carbonyl (C=O) groups excluding carboxylic acids is 1. The summed E-state index contributed by atoms with van der Waals surface area (Å²) in [6.45, 7) is 6.97. The number of nitrogens with zero attached hydrogens (tertiary/aromatic N) is 5. The summed E-state index contributed by atoms with van der Waals surface area (Å²) in [5.74, 6) is -0.0309. The third-order valence-corrected chi connectivity index (χ3v) is 6.84. The highest BCUT2D eigenvalue weighted by atomic mass is 35.5. The fraction of sp³-hybridized carbons (Fsp3) is 0.333. The Balaban J connectivity index is 1.40. The average Bonchev–Trinajstić information content (AvgIpc) is 3.09. The number of aryl methyl sites for hydroxylation is 1. The monoisotopic (exact) mass is 501 g/mol. The van der Waals surface area contributed by atoms with Crippen LogP contribution in [-0.4, -0.2) is 56.6 Å². The molecule has 0 atom stereocenters. The Labute approximate surface area is 207 Å². The molecule has 0 bridgehead atoms. The van der Waals surface area contributed by atoms with Gasteiger partial charge in [0.25, 0.3) is 5.91 Å². The van der Waals surface area contributed by atoms with Gasteiger partial charge in [0.05, 0.1) is 11.5 Å². The maximum absolute atomic E-state index is 13.1. The third-order valence-electron chi connectivity index (χ3n) is 6.14. The molecule has 0 N–H and O–H groups in total. The van der Waals surface area contributed by atoms with Crippen molar-refractivity contribution in [2.24, 2.45) is 0 Å². The molecule has 1 amide bonds. The predicted molar refractivity (Wildman–Crippen MR) is 132 cm³/mol. The zero-order chi connectivity index (χ0) is 24.4. The van der Waals surface area contributed by atoms with Gasteiger partial charge in [-0.1, -0.05) is 41.4 Å². The molecule has 0 unspecified atom stereocenters.